The predicted molar refractivity (Wildman–Crippen MR) is 85.6 cm³/mol. The molecule has 132 valence electrons. The number of esters is 1. The lowest BCUT2D eigenvalue weighted by molar-refractivity contribution is -0.150. The number of rotatable bonds is 6. The first kappa shape index (κ1) is 19.8. The Labute approximate surface area is 140 Å². The van der Waals surface area contributed by atoms with Crippen molar-refractivity contribution in [3.8, 4) is 0 Å². The lowest BCUT2D eigenvalue weighted by atomic mass is 10.2. The van der Waals surface area contributed by atoms with Crippen molar-refractivity contribution in [1.82, 2.24) is 0 Å². The third kappa shape index (κ3) is 5.74. The highest BCUT2D eigenvalue weighted by Gasteiger charge is 2.25. The molecule has 0 amide bonds. The molecule has 0 heterocycles. The number of aryl methyl sites for hydroxylation is 1. The minimum atomic E-state index is -4.16. The summed E-state index contributed by atoms with van der Waals surface area (Å²) in [5, 5.41) is 12.1. The molecule has 0 atom stereocenters. The molecule has 9 heteroatoms. The van der Waals surface area contributed by atoms with Gasteiger partial charge in [0, 0.05) is 0 Å². The number of aliphatic hydroxyl groups is 1. The molecule has 1 aromatic carbocycles. The molecule has 1 N–H and O–H groups in total. The molecule has 0 spiro atoms. The van der Waals surface area contributed by atoms with Crippen molar-refractivity contribution in [3.05, 3.63) is 46.2 Å². The molecule has 1 rings (SSSR count). The number of aliphatic hydroxyl groups excluding tert-OH is 1. The Morgan fingerprint density at radius 3 is 2.21 bits per heavy atom. The molecule has 0 fully saturated rings. The minimum absolute atomic E-state index is 0.126. The molecular formula is C15H19NO7S. The fourth-order valence-corrected chi connectivity index (χ4v) is 2.38. The standard InChI is InChI=1S/C15H19NO7S/c1-10-5-7-11(8-6-10)24(20,21)22-9-12(17)13(16-19)14(18)23-15(2,3)4/h5-8,17H,9H2,1-4H3/b13-12+. The molecule has 0 saturated heterocycles. The van der Waals surface area contributed by atoms with Gasteiger partial charge in [-0.05, 0) is 45.0 Å². The topological polar surface area (TPSA) is 119 Å². The maximum Gasteiger partial charge on any atom is 0.364 e. The van der Waals surface area contributed by atoms with Gasteiger partial charge in [0.05, 0.1) is 4.90 Å². The number of carbonyl (C=O) groups excluding carboxylic acids is 1. The number of nitroso groups, excluding NO2 is 1. The molecule has 0 saturated carbocycles. The second-order valence-electron chi connectivity index (χ2n) is 5.92. The first-order valence-corrected chi connectivity index (χ1v) is 8.32. The largest absolute Gasteiger partial charge is 0.507 e. The van der Waals surface area contributed by atoms with Crippen molar-refractivity contribution in [2.45, 2.75) is 38.2 Å². The van der Waals surface area contributed by atoms with Gasteiger partial charge < -0.3 is 9.84 Å². The van der Waals surface area contributed by atoms with E-state index in [0.29, 0.717) is 0 Å². The van der Waals surface area contributed by atoms with Gasteiger partial charge in [-0.3, -0.25) is 4.18 Å². The van der Waals surface area contributed by atoms with Crippen LogP contribution in [0.1, 0.15) is 26.3 Å². The van der Waals surface area contributed by atoms with Gasteiger partial charge in [-0.15, -0.1) is 4.91 Å². The summed E-state index contributed by atoms with van der Waals surface area (Å²) in [6.07, 6.45) is 0. The van der Waals surface area contributed by atoms with Crippen molar-refractivity contribution in [2.24, 2.45) is 5.18 Å². The molecule has 0 unspecified atom stereocenters. The van der Waals surface area contributed by atoms with E-state index in [1.165, 1.54) is 12.1 Å². The van der Waals surface area contributed by atoms with Crippen LogP contribution in [0.2, 0.25) is 0 Å². The fourth-order valence-electron chi connectivity index (χ4n) is 1.51. The van der Waals surface area contributed by atoms with Crippen LogP contribution >= 0.6 is 0 Å². The molecule has 0 radical (unpaired) electrons. The SMILES string of the molecule is Cc1ccc(S(=O)(=O)OC/C(O)=C(\N=O)C(=O)OC(C)(C)C)cc1. The number of carbonyl (C=O) groups is 1. The first-order valence-electron chi connectivity index (χ1n) is 6.91. The molecule has 0 aliphatic carbocycles. The number of nitrogens with zero attached hydrogens (tertiary/aromatic N) is 1. The highest BCUT2D eigenvalue weighted by Crippen LogP contribution is 2.17. The molecule has 0 aromatic heterocycles. The molecule has 24 heavy (non-hydrogen) atoms. The summed E-state index contributed by atoms with van der Waals surface area (Å²) in [5.74, 6) is -2.11. The Hall–Kier alpha value is -2.26. The average molecular weight is 357 g/mol. The summed E-state index contributed by atoms with van der Waals surface area (Å²) in [6, 6.07) is 5.81. The Morgan fingerprint density at radius 2 is 1.75 bits per heavy atom. The summed E-state index contributed by atoms with van der Waals surface area (Å²) in [6.45, 7) is 5.54. The average Bonchev–Trinajstić information content (AvgIpc) is 2.44. The van der Waals surface area contributed by atoms with Crippen LogP contribution in [0.3, 0.4) is 0 Å². The third-order valence-electron chi connectivity index (χ3n) is 2.62. The zero-order valence-electron chi connectivity index (χ0n) is 13.8. The van der Waals surface area contributed by atoms with Crippen LogP contribution in [0, 0.1) is 11.8 Å². The van der Waals surface area contributed by atoms with Gasteiger partial charge in [-0.1, -0.05) is 17.7 Å². The normalized spacial score (nSPS) is 13.2. The smallest absolute Gasteiger partial charge is 0.364 e. The zero-order chi connectivity index (χ0) is 18.5. The Bertz CT molecular complexity index is 743. The first-order chi connectivity index (χ1) is 11.0. The summed E-state index contributed by atoms with van der Waals surface area (Å²) in [4.78, 5) is 22.3. The fraction of sp³-hybridized carbons (Fsp3) is 0.400. The van der Waals surface area contributed by atoms with Gasteiger partial charge in [-0.25, -0.2) is 4.79 Å². The number of hydrogen-bond acceptors (Lipinski definition) is 8. The van der Waals surface area contributed by atoms with Crippen LogP contribution in [0.5, 0.6) is 0 Å². The molecule has 0 aliphatic rings. The Kier molecular flexibility index (Phi) is 6.22. The van der Waals surface area contributed by atoms with Crippen molar-refractivity contribution in [3.63, 3.8) is 0 Å². The van der Waals surface area contributed by atoms with E-state index in [1.807, 2.05) is 0 Å². The van der Waals surface area contributed by atoms with Crippen LogP contribution in [-0.2, 0) is 23.8 Å². The van der Waals surface area contributed by atoms with E-state index in [1.54, 1.807) is 39.8 Å². The molecule has 0 aliphatic heterocycles. The molecule has 1 aromatic rings. The second-order valence-corrected chi connectivity index (χ2v) is 7.53. The van der Waals surface area contributed by atoms with E-state index < -0.39 is 39.8 Å². The second kappa shape index (κ2) is 7.54. The summed E-state index contributed by atoms with van der Waals surface area (Å²) >= 11 is 0. The van der Waals surface area contributed by atoms with E-state index >= 15 is 0 Å². The van der Waals surface area contributed by atoms with E-state index in [9.17, 15) is 23.2 Å². The summed E-state index contributed by atoms with van der Waals surface area (Å²) < 4.78 is 33.5. The summed E-state index contributed by atoms with van der Waals surface area (Å²) in [7, 11) is -4.16. The van der Waals surface area contributed by atoms with E-state index in [-0.39, 0.29) is 4.90 Å². The van der Waals surface area contributed by atoms with E-state index in [0.717, 1.165) is 5.56 Å². The van der Waals surface area contributed by atoms with Crippen molar-refractivity contribution >= 4 is 16.1 Å². The highest BCUT2D eigenvalue weighted by atomic mass is 32.2. The van der Waals surface area contributed by atoms with Gasteiger partial charge in [0.2, 0.25) is 5.70 Å². The van der Waals surface area contributed by atoms with Crippen molar-refractivity contribution < 1.29 is 27.2 Å². The van der Waals surface area contributed by atoms with Gasteiger partial charge in [0.15, 0.2) is 5.76 Å². The van der Waals surface area contributed by atoms with Gasteiger partial charge >= 0.3 is 5.97 Å². The lowest BCUT2D eigenvalue weighted by Gasteiger charge is -2.19. The number of ether oxygens (including phenoxy) is 1. The monoisotopic (exact) mass is 357 g/mol. The van der Waals surface area contributed by atoms with Crippen molar-refractivity contribution in [1.29, 1.82) is 0 Å². The molecular weight excluding hydrogens is 338 g/mol. The van der Waals surface area contributed by atoms with Gasteiger partial charge in [0.1, 0.15) is 12.2 Å². The quantitative estimate of drug-likeness (QED) is 0.273. The van der Waals surface area contributed by atoms with Crippen LogP contribution in [0.15, 0.2) is 45.8 Å². The van der Waals surface area contributed by atoms with Gasteiger partial charge in [-0.2, -0.15) is 8.42 Å². The predicted octanol–water partition coefficient (Wildman–Crippen LogP) is 2.58. The minimum Gasteiger partial charge on any atom is -0.507 e. The van der Waals surface area contributed by atoms with Crippen LogP contribution in [0.25, 0.3) is 0 Å². The Balaban J connectivity index is 2.91. The van der Waals surface area contributed by atoms with Crippen LogP contribution < -0.4 is 0 Å². The Morgan fingerprint density at radius 1 is 1.21 bits per heavy atom. The molecule has 0 bridgehead atoms. The van der Waals surface area contributed by atoms with E-state index in [4.69, 9.17) is 4.74 Å². The summed E-state index contributed by atoms with van der Waals surface area (Å²) in [5.41, 5.74) is -1.000. The number of hydrogen-bond donors (Lipinski definition) is 1. The maximum absolute atomic E-state index is 12.0. The highest BCUT2D eigenvalue weighted by molar-refractivity contribution is 7.86. The van der Waals surface area contributed by atoms with Crippen LogP contribution in [0.4, 0.5) is 0 Å². The van der Waals surface area contributed by atoms with Gasteiger partial charge in [0.25, 0.3) is 10.1 Å². The molecule has 8 nitrogen and oxygen atoms in total. The lowest BCUT2D eigenvalue weighted by Crippen LogP contribution is -2.25. The van der Waals surface area contributed by atoms with E-state index in [2.05, 4.69) is 9.36 Å². The third-order valence-corrected chi connectivity index (χ3v) is 3.89. The van der Waals surface area contributed by atoms with Crippen molar-refractivity contribution in [2.75, 3.05) is 6.61 Å². The van der Waals surface area contributed by atoms with Crippen LogP contribution in [-0.4, -0.2) is 31.7 Å². The zero-order valence-corrected chi connectivity index (χ0v) is 14.6. The maximum atomic E-state index is 12.0. The number of benzene rings is 1.